The van der Waals surface area contributed by atoms with E-state index < -0.39 is 0 Å². The minimum absolute atomic E-state index is 0.0503. The fraction of sp³-hybridized carbons (Fsp3) is 0.250. The number of carbonyl (C=O) groups is 2. The number of halogens is 1. The molecular weight excluding hydrogens is 432 g/mol. The minimum Gasteiger partial charge on any atom is -0.493 e. The second-order valence-corrected chi connectivity index (χ2v) is 8.84. The number of hydrogen-bond donors (Lipinski definition) is 1. The maximum atomic E-state index is 13.0. The monoisotopic (exact) mass is 454 g/mol. The summed E-state index contributed by atoms with van der Waals surface area (Å²) in [5, 5.41) is 5.04. The Morgan fingerprint density at radius 2 is 1.84 bits per heavy atom. The number of nitrogens with one attached hydrogen (secondary N) is 1. The summed E-state index contributed by atoms with van der Waals surface area (Å²) in [4.78, 5) is 27.8. The second-order valence-electron chi connectivity index (χ2n) is 7.49. The number of thiophene rings is 1. The van der Waals surface area contributed by atoms with Gasteiger partial charge in [-0.1, -0.05) is 35.9 Å². The van der Waals surface area contributed by atoms with Crippen molar-refractivity contribution >= 4 is 40.4 Å². The average Bonchev–Trinajstić information content (AvgIpc) is 3.35. The molecule has 5 nitrogen and oxygen atoms in total. The number of para-hydroxylation sites is 1. The van der Waals surface area contributed by atoms with E-state index in [2.05, 4.69) is 5.32 Å². The molecule has 2 aromatic carbocycles. The third-order valence-corrected chi connectivity index (χ3v) is 6.54. The van der Waals surface area contributed by atoms with Crippen LogP contribution in [0.25, 0.3) is 0 Å². The number of anilines is 1. The molecule has 31 heavy (non-hydrogen) atoms. The molecule has 7 heteroatoms. The van der Waals surface area contributed by atoms with Gasteiger partial charge < -0.3 is 15.0 Å². The number of hydrogen-bond acceptors (Lipinski definition) is 4. The zero-order valence-corrected chi connectivity index (χ0v) is 18.5. The van der Waals surface area contributed by atoms with Gasteiger partial charge in [0, 0.05) is 18.7 Å². The van der Waals surface area contributed by atoms with Gasteiger partial charge in [-0.3, -0.25) is 9.59 Å². The fourth-order valence-corrected chi connectivity index (χ4v) is 4.35. The Hall–Kier alpha value is -2.83. The van der Waals surface area contributed by atoms with E-state index in [1.165, 1.54) is 11.3 Å². The maximum absolute atomic E-state index is 13.0. The third-order valence-electron chi connectivity index (χ3n) is 5.34. The summed E-state index contributed by atoms with van der Waals surface area (Å²) < 4.78 is 5.86. The SMILES string of the molecule is O=C(Nc1cc(C(=O)N2CCC(COc3ccccc3)CC2)ccc1Cl)c1cccs1. The highest BCUT2D eigenvalue weighted by atomic mass is 35.5. The molecular formula is C24H23ClN2O3S. The van der Waals surface area contributed by atoms with Crippen LogP contribution in [0.1, 0.15) is 32.9 Å². The lowest BCUT2D eigenvalue weighted by Crippen LogP contribution is -2.39. The first-order valence-corrected chi connectivity index (χ1v) is 11.5. The predicted molar refractivity (Wildman–Crippen MR) is 124 cm³/mol. The van der Waals surface area contributed by atoms with Crippen molar-refractivity contribution in [3.63, 3.8) is 0 Å². The van der Waals surface area contributed by atoms with Crippen molar-refractivity contribution in [1.82, 2.24) is 4.90 Å². The van der Waals surface area contributed by atoms with Gasteiger partial charge in [0.15, 0.2) is 0 Å². The number of amides is 2. The van der Waals surface area contributed by atoms with Crippen LogP contribution in [0.3, 0.4) is 0 Å². The molecule has 1 aliphatic rings. The van der Waals surface area contributed by atoms with Crippen LogP contribution < -0.4 is 10.1 Å². The van der Waals surface area contributed by atoms with E-state index in [-0.39, 0.29) is 11.8 Å². The molecule has 0 radical (unpaired) electrons. The predicted octanol–water partition coefficient (Wildman–Crippen LogP) is 5.59. The van der Waals surface area contributed by atoms with Crippen LogP contribution >= 0.6 is 22.9 Å². The smallest absolute Gasteiger partial charge is 0.265 e. The topological polar surface area (TPSA) is 58.6 Å². The third kappa shape index (κ3) is 5.46. The van der Waals surface area contributed by atoms with E-state index in [1.54, 1.807) is 24.3 Å². The van der Waals surface area contributed by atoms with Crippen LogP contribution in [-0.2, 0) is 0 Å². The minimum atomic E-state index is -0.235. The van der Waals surface area contributed by atoms with Crippen LogP contribution in [0, 0.1) is 5.92 Å². The number of likely N-dealkylation sites (tertiary alicyclic amines) is 1. The van der Waals surface area contributed by atoms with Gasteiger partial charge in [0.25, 0.3) is 11.8 Å². The molecule has 1 aromatic heterocycles. The van der Waals surface area contributed by atoms with Crippen LogP contribution in [-0.4, -0.2) is 36.4 Å². The Balaban J connectivity index is 1.34. The highest BCUT2D eigenvalue weighted by Gasteiger charge is 2.24. The Morgan fingerprint density at radius 1 is 1.06 bits per heavy atom. The zero-order chi connectivity index (χ0) is 21.6. The molecule has 1 N–H and O–H groups in total. The Kier molecular flexibility index (Phi) is 6.89. The second kappa shape index (κ2) is 9.98. The normalized spacial score (nSPS) is 14.3. The average molecular weight is 455 g/mol. The highest BCUT2D eigenvalue weighted by Crippen LogP contribution is 2.26. The van der Waals surface area contributed by atoms with Crippen LogP contribution in [0.5, 0.6) is 5.75 Å². The molecule has 0 spiro atoms. The summed E-state index contributed by atoms with van der Waals surface area (Å²) in [6, 6.07) is 18.4. The van der Waals surface area contributed by atoms with Gasteiger partial charge >= 0.3 is 0 Å². The van der Waals surface area contributed by atoms with Gasteiger partial charge in [0.05, 0.1) is 22.2 Å². The zero-order valence-electron chi connectivity index (χ0n) is 16.9. The van der Waals surface area contributed by atoms with Crippen LogP contribution in [0.2, 0.25) is 5.02 Å². The van der Waals surface area contributed by atoms with E-state index in [4.69, 9.17) is 16.3 Å². The summed E-state index contributed by atoms with van der Waals surface area (Å²) in [5.41, 5.74) is 0.960. The first-order valence-electron chi connectivity index (χ1n) is 10.2. The molecule has 2 amide bonds. The molecule has 160 valence electrons. The van der Waals surface area contributed by atoms with Gasteiger partial charge in [0.1, 0.15) is 5.75 Å². The van der Waals surface area contributed by atoms with E-state index in [0.29, 0.717) is 46.8 Å². The van der Waals surface area contributed by atoms with E-state index in [0.717, 1.165) is 18.6 Å². The Labute approximate surface area is 190 Å². The molecule has 0 atom stereocenters. The van der Waals surface area contributed by atoms with E-state index in [9.17, 15) is 9.59 Å². The number of rotatable bonds is 6. The quantitative estimate of drug-likeness (QED) is 0.528. The highest BCUT2D eigenvalue weighted by molar-refractivity contribution is 7.12. The van der Waals surface area contributed by atoms with Crippen molar-refractivity contribution in [2.45, 2.75) is 12.8 Å². The van der Waals surface area contributed by atoms with Gasteiger partial charge in [-0.05, 0) is 60.5 Å². The van der Waals surface area contributed by atoms with Crippen molar-refractivity contribution in [2.75, 3.05) is 25.0 Å². The Bertz CT molecular complexity index is 1030. The molecule has 0 unspecified atom stereocenters. The lowest BCUT2D eigenvalue weighted by Gasteiger charge is -2.32. The summed E-state index contributed by atoms with van der Waals surface area (Å²) in [5.74, 6) is 1.01. The summed E-state index contributed by atoms with van der Waals surface area (Å²) in [7, 11) is 0. The van der Waals surface area contributed by atoms with Gasteiger partial charge in [-0.15, -0.1) is 11.3 Å². The number of ether oxygens (including phenoxy) is 1. The van der Waals surface area contributed by atoms with Crippen LogP contribution in [0.15, 0.2) is 66.0 Å². The largest absolute Gasteiger partial charge is 0.493 e. The first-order chi connectivity index (χ1) is 15.1. The molecule has 1 fully saturated rings. The number of nitrogens with zero attached hydrogens (tertiary/aromatic N) is 1. The van der Waals surface area contributed by atoms with Crippen LogP contribution in [0.4, 0.5) is 5.69 Å². The molecule has 1 aliphatic heterocycles. The molecule has 3 aromatic rings. The van der Waals surface area contributed by atoms with E-state index in [1.807, 2.05) is 46.7 Å². The molecule has 4 rings (SSSR count). The fourth-order valence-electron chi connectivity index (χ4n) is 3.56. The lowest BCUT2D eigenvalue weighted by atomic mass is 9.97. The Morgan fingerprint density at radius 3 is 2.55 bits per heavy atom. The van der Waals surface area contributed by atoms with Crippen molar-refractivity contribution in [3.05, 3.63) is 81.5 Å². The number of benzene rings is 2. The van der Waals surface area contributed by atoms with Gasteiger partial charge in [-0.25, -0.2) is 0 Å². The van der Waals surface area contributed by atoms with Crippen molar-refractivity contribution in [2.24, 2.45) is 5.92 Å². The summed E-state index contributed by atoms with van der Waals surface area (Å²) >= 11 is 7.60. The summed E-state index contributed by atoms with van der Waals surface area (Å²) in [6.07, 6.45) is 1.79. The van der Waals surface area contributed by atoms with Gasteiger partial charge in [0.2, 0.25) is 0 Å². The molecule has 2 heterocycles. The van der Waals surface area contributed by atoms with Crippen molar-refractivity contribution in [3.8, 4) is 5.75 Å². The van der Waals surface area contributed by atoms with Gasteiger partial charge in [-0.2, -0.15) is 0 Å². The van der Waals surface area contributed by atoms with Crippen molar-refractivity contribution < 1.29 is 14.3 Å². The molecule has 0 bridgehead atoms. The summed E-state index contributed by atoms with van der Waals surface area (Å²) in [6.45, 7) is 2.02. The molecule has 0 saturated carbocycles. The van der Waals surface area contributed by atoms with E-state index >= 15 is 0 Å². The molecule has 1 saturated heterocycles. The number of piperidine rings is 1. The standard InChI is InChI=1S/C24H23ClN2O3S/c25-20-9-8-18(15-21(20)26-23(28)22-7-4-14-31-22)24(29)27-12-10-17(11-13-27)16-30-19-5-2-1-3-6-19/h1-9,14-15,17H,10-13,16H2,(H,26,28). The van der Waals surface area contributed by atoms with Crippen molar-refractivity contribution in [1.29, 1.82) is 0 Å². The lowest BCUT2D eigenvalue weighted by molar-refractivity contribution is 0.0661. The number of carbonyl (C=O) groups excluding carboxylic acids is 2. The molecule has 0 aliphatic carbocycles. The first kappa shape index (κ1) is 21.4. The maximum Gasteiger partial charge on any atom is 0.265 e.